The first-order valence-corrected chi connectivity index (χ1v) is 15.4. The van der Waals surface area contributed by atoms with Crippen molar-refractivity contribution in [2.24, 2.45) is 0 Å². The van der Waals surface area contributed by atoms with Gasteiger partial charge in [0.2, 0.25) is 11.8 Å². The molecule has 0 aromatic heterocycles. The lowest BCUT2D eigenvalue weighted by atomic mass is 10.1. The van der Waals surface area contributed by atoms with Crippen molar-refractivity contribution in [2.45, 2.75) is 63.1 Å². The normalized spacial score (nSPS) is 14.5. The Morgan fingerprint density at radius 1 is 0.974 bits per heavy atom. The van der Waals surface area contributed by atoms with E-state index in [0.717, 1.165) is 45.6 Å². The number of amides is 2. The summed E-state index contributed by atoms with van der Waals surface area (Å²) in [6.45, 7) is 3.29. The molecule has 4 rings (SSSR count). The number of carbonyl (C=O) groups is 2. The lowest BCUT2D eigenvalue weighted by Gasteiger charge is -2.32. The van der Waals surface area contributed by atoms with Gasteiger partial charge >= 0.3 is 0 Å². The fourth-order valence-electron chi connectivity index (χ4n) is 4.79. The minimum absolute atomic E-state index is 0.0887. The third kappa shape index (κ3) is 7.28. The second kappa shape index (κ2) is 12.8. The van der Waals surface area contributed by atoms with Gasteiger partial charge in [-0.05, 0) is 74.2 Å². The molecule has 1 atom stereocenters. The Morgan fingerprint density at radius 3 is 2.28 bits per heavy atom. The highest BCUT2D eigenvalue weighted by molar-refractivity contribution is 9.10. The van der Waals surface area contributed by atoms with Crippen LogP contribution < -0.4 is 9.62 Å². The highest BCUT2D eigenvalue weighted by atomic mass is 79.9. The maximum absolute atomic E-state index is 14.0. The molecule has 7 nitrogen and oxygen atoms in total. The molecule has 0 radical (unpaired) electrons. The Bertz CT molecular complexity index is 1390. The van der Waals surface area contributed by atoms with Crippen LogP contribution in [0.5, 0.6) is 0 Å². The van der Waals surface area contributed by atoms with E-state index in [9.17, 15) is 18.0 Å². The summed E-state index contributed by atoms with van der Waals surface area (Å²) in [5.41, 5.74) is 2.09. The van der Waals surface area contributed by atoms with E-state index >= 15 is 0 Å². The largest absolute Gasteiger partial charge is 0.352 e. The van der Waals surface area contributed by atoms with Gasteiger partial charge in [0.25, 0.3) is 10.0 Å². The van der Waals surface area contributed by atoms with Gasteiger partial charge in [-0.3, -0.25) is 13.9 Å². The molecule has 1 N–H and O–H groups in total. The van der Waals surface area contributed by atoms with E-state index in [4.69, 9.17) is 0 Å². The van der Waals surface area contributed by atoms with Gasteiger partial charge in [0.15, 0.2) is 0 Å². The molecule has 1 aliphatic carbocycles. The van der Waals surface area contributed by atoms with Crippen LogP contribution in [0.4, 0.5) is 5.69 Å². The Hall–Kier alpha value is -3.17. The van der Waals surface area contributed by atoms with Gasteiger partial charge in [-0.2, -0.15) is 0 Å². The highest BCUT2D eigenvalue weighted by Crippen LogP contribution is 2.26. The van der Waals surface area contributed by atoms with Crippen LogP contribution in [0.2, 0.25) is 0 Å². The van der Waals surface area contributed by atoms with Crippen molar-refractivity contribution in [3.63, 3.8) is 0 Å². The fraction of sp³-hybridized carbons (Fsp3) is 0.333. The number of hydrogen-bond acceptors (Lipinski definition) is 4. The smallest absolute Gasteiger partial charge is 0.264 e. The zero-order valence-corrected chi connectivity index (χ0v) is 24.6. The minimum Gasteiger partial charge on any atom is -0.352 e. The summed E-state index contributed by atoms with van der Waals surface area (Å²) in [6, 6.07) is 21.9. The number of anilines is 1. The van der Waals surface area contributed by atoms with Crippen molar-refractivity contribution in [3.8, 4) is 0 Å². The molecule has 2 amide bonds. The molecule has 0 heterocycles. The number of aryl methyl sites for hydroxylation is 1. The molecule has 0 unspecified atom stereocenters. The Labute approximate surface area is 239 Å². The van der Waals surface area contributed by atoms with Gasteiger partial charge in [0, 0.05) is 17.1 Å². The average Bonchev–Trinajstić information content (AvgIpc) is 3.44. The molecule has 0 spiro atoms. The van der Waals surface area contributed by atoms with Gasteiger partial charge in [-0.15, -0.1) is 0 Å². The number of sulfonamides is 1. The summed E-state index contributed by atoms with van der Waals surface area (Å²) in [5, 5.41) is 3.09. The topological polar surface area (TPSA) is 86.8 Å². The molecule has 0 aliphatic heterocycles. The van der Waals surface area contributed by atoms with E-state index < -0.39 is 28.5 Å². The fourth-order valence-corrected chi connectivity index (χ4v) is 6.48. The molecule has 9 heteroatoms. The van der Waals surface area contributed by atoms with Crippen LogP contribution in [0.15, 0.2) is 88.2 Å². The van der Waals surface area contributed by atoms with E-state index in [2.05, 4.69) is 21.2 Å². The van der Waals surface area contributed by atoms with Gasteiger partial charge in [0.05, 0.1) is 10.6 Å². The van der Waals surface area contributed by atoms with Crippen molar-refractivity contribution in [2.75, 3.05) is 10.8 Å². The molecular weight excluding hydrogens is 578 g/mol. The van der Waals surface area contributed by atoms with Crippen LogP contribution in [-0.4, -0.2) is 43.8 Å². The monoisotopic (exact) mass is 611 g/mol. The van der Waals surface area contributed by atoms with Crippen LogP contribution >= 0.6 is 15.9 Å². The van der Waals surface area contributed by atoms with E-state index in [1.165, 1.54) is 17.0 Å². The predicted octanol–water partition coefficient (Wildman–Crippen LogP) is 5.43. The number of nitrogens with one attached hydrogen (secondary N) is 1. The third-order valence-corrected chi connectivity index (χ3v) is 9.35. The lowest BCUT2D eigenvalue weighted by molar-refractivity contribution is -0.139. The maximum atomic E-state index is 14.0. The molecule has 206 valence electrons. The zero-order chi connectivity index (χ0) is 28.0. The Kier molecular flexibility index (Phi) is 9.45. The molecule has 0 saturated heterocycles. The second-order valence-electron chi connectivity index (χ2n) is 9.98. The quantitative estimate of drug-likeness (QED) is 0.331. The molecular formula is C30H34BrN3O4S. The summed E-state index contributed by atoms with van der Waals surface area (Å²) in [6.07, 6.45) is 4.00. The number of benzene rings is 3. The molecule has 39 heavy (non-hydrogen) atoms. The molecule has 1 aliphatic rings. The zero-order valence-electron chi connectivity index (χ0n) is 22.2. The number of nitrogens with zero attached hydrogens (tertiary/aromatic N) is 2. The van der Waals surface area contributed by atoms with Gasteiger partial charge in [0.1, 0.15) is 12.6 Å². The lowest BCUT2D eigenvalue weighted by Crippen LogP contribution is -2.52. The van der Waals surface area contributed by atoms with Crippen LogP contribution in [0.1, 0.15) is 43.7 Å². The number of hydrogen-bond donors (Lipinski definition) is 1. The first kappa shape index (κ1) is 28.8. The summed E-state index contributed by atoms with van der Waals surface area (Å²) < 4.78 is 29.6. The molecule has 3 aromatic rings. The van der Waals surface area contributed by atoms with E-state index in [0.29, 0.717) is 5.69 Å². The van der Waals surface area contributed by atoms with Crippen molar-refractivity contribution in [1.29, 1.82) is 0 Å². The van der Waals surface area contributed by atoms with E-state index in [1.54, 1.807) is 43.3 Å². The highest BCUT2D eigenvalue weighted by Gasteiger charge is 2.33. The van der Waals surface area contributed by atoms with Crippen molar-refractivity contribution >= 4 is 43.5 Å². The second-order valence-corrected chi connectivity index (χ2v) is 12.8. The summed E-state index contributed by atoms with van der Waals surface area (Å²) in [7, 11) is -4.06. The van der Waals surface area contributed by atoms with Crippen LogP contribution in [0, 0.1) is 6.92 Å². The average molecular weight is 613 g/mol. The van der Waals surface area contributed by atoms with Crippen molar-refractivity contribution < 1.29 is 18.0 Å². The molecule has 1 saturated carbocycles. The minimum atomic E-state index is -4.06. The predicted molar refractivity (Wildman–Crippen MR) is 157 cm³/mol. The summed E-state index contributed by atoms with van der Waals surface area (Å²) >= 11 is 3.43. The van der Waals surface area contributed by atoms with Crippen LogP contribution in [0.25, 0.3) is 0 Å². The maximum Gasteiger partial charge on any atom is 0.264 e. The van der Waals surface area contributed by atoms with Gasteiger partial charge in [-0.25, -0.2) is 8.42 Å². The summed E-state index contributed by atoms with van der Waals surface area (Å²) in [5.74, 6) is -0.701. The van der Waals surface area contributed by atoms with Crippen molar-refractivity contribution in [3.05, 3.63) is 94.5 Å². The van der Waals surface area contributed by atoms with E-state index in [-0.39, 0.29) is 23.4 Å². The molecule has 0 bridgehead atoms. The van der Waals surface area contributed by atoms with Crippen LogP contribution in [0.3, 0.4) is 0 Å². The standard InChI is InChI=1S/C30H34BrN3O4S/c1-22-9-8-12-27(19-22)34(39(37,38)28-13-4-3-5-14-28)21-29(35)33(20-24-15-17-25(31)18-16-24)23(2)30(36)32-26-10-6-7-11-26/h3-5,8-9,12-19,23,26H,6-7,10-11,20-21H2,1-2H3,(H,32,36)/t23-/m0/s1. The Balaban J connectivity index is 1.67. The third-order valence-electron chi connectivity index (χ3n) is 7.03. The molecule has 3 aromatic carbocycles. The van der Waals surface area contributed by atoms with Crippen molar-refractivity contribution in [1.82, 2.24) is 10.2 Å². The number of halogens is 1. The van der Waals surface area contributed by atoms with Gasteiger partial charge in [-0.1, -0.05) is 71.2 Å². The first-order valence-electron chi connectivity index (χ1n) is 13.1. The number of carbonyl (C=O) groups excluding carboxylic acids is 2. The molecule has 1 fully saturated rings. The summed E-state index contributed by atoms with van der Waals surface area (Å²) in [4.78, 5) is 28.8. The van der Waals surface area contributed by atoms with Crippen LogP contribution in [-0.2, 0) is 26.2 Å². The SMILES string of the molecule is Cc1cccc(N(CC(=O)N(Cc2ccc(Br)cc2)[C@@H](C)C(=O)NC2CCCC2)S(=O)(=O)c2ccccc2)c1. The Morgan fingerprint density at radius 2 is 1.64 bits per heavy atom. The van der Waals surface area contributed by atoms with Gasteiger partial charge < -0.3 is 10.2 Å². The van der Waals surface area contributed by atoms with E-state index in [1.807, 2.05) is 37.3 Å². The number of rotatable bonds is 10. The first-order chi connectivity index (χ1) is 18.6.